The fourth-order valence-electron chi connectivity index (χ4n) is 1.63. The molecule has 0 aliphatic rings. The lowest BCUT2D eigenvalue weighted by Crippen LogP contribution is -2.26. The molecule has 0 radical (unpaired) electrons. The molecule has 0 heterocycles. The molecule has 0 saturated carbocycles. The summed E-state index contributed by atoms with van der Waals surface area (Å²) in [6, 6.07) is 9.90. The van der Waals surface area contributed by atoms with Crippen LogP contribution in [-0.4, -0.2) is 31.5 Å². The van der Waals surface area contributed by atoms with Gasteiger partial charge in [0.1, 0.15) is 6.10 Å². The number of carbonyl (C=O) groups excluding carboxylic acids is 1. The zero-order valence-electron chi connectivity index (χ0n) is 11.7. The van der Waals surface area contributed by atoms with Crippen LogP contribution in [0.25, 0.3) is 0 Å². The van der Waals surface area contributed by atoms with Crippen molar-refractivity contribution in [2.24, 2.45) is 5.92 Å². The van der Waals surface area contributed by atoms with Gasteiger partial charge in [-0.2, -0.15) is 0 Å². The van der Waals surface area contributed by atoms with Crippen molar-refractivity contribution in [3.8, 4) is 0 Å². The summed E-state index contributed by atoms with van der Waals surface area (Å²) in [6.07, 6.45) is 0.616. The van der Waals surface area contributed by atoms with Crippen molar-refractivity contribution in [2.45, 2.75) is 26.4 Å². The van der Waals surface area contributed by atoms with Crippen LogP contribution in [0.2, 0.25) is 0 Å². The number of benzene rings is 1. The number of rotatable bonds is 6. The molecule has 0 bridgehead atoms. The second-order valence-electron chi connectivity index (χ2n) is 4.91. The molecule has 0 aliphatic heterocycles. The van der Waals surface area contributed by atoms with Gasteiger partial charge in [-0.05, 0) is 26.1 Å². The SMILES string of the molecule is CCC(C)C(=O)OC(CN(C)C)c1ccccc1. The van der Waals surface area contributed by atoms with Gasteiger partial charge >= 0.3 is 5.97 Å². The smallest absolute Gasteiger partial charge is 0.309 e. The van der Waals surface area contributed by atoms with E-state index in [0.29, 0.717) is 6.54 Å². The fourth-order valence-corrected chi connectivity index (χ4v) is 1.63. The number of likely N-dealkylation sites (N-methyl/N-ethyl adjacent to an activating group) is 1. The van der Waals surface area contributed by atoms with E-state index in [1.165, 1.54) is 0 Å². The topological polar surface area (TPSA) is 29.5 Å². The highest BCUT2D eigenvalue weighted by molar-refractivity contribution is 5.72. The molecule has 0 N–H and O–H groups in total. The van der Waals surface area contributed by atoms with Crippen molar-refractivity contribution in [2.75, 3.05) is 20.6 Å². The summed E-state index contributed by atoms with van der Waals surface area (Å²) in [5.74, 6) is -0.161. The average molecular weight is 249 g/mol. The number of hydrogen-bond acceptors (Lipinski definition) is 3. The zero-order chi connectivity index (χ0) is 13.5. The second-order valence-corrected chi connectivity index (χ2v) is 4.91. The first-order valence-electron chi connectivity index (χ1n) is 6.44. The monoisotopic (exact) mass is 249 g/mol. The fraction of sp³-hybridized carbons (Fsp3) is 0.533. The summed E-state index contributed by atoms with van der Waals surface area (Å²) >= 11 is 0. The molecule has 3 nitrogen and oxygen atoms in total. The van der Waals surface area contributed by atoms with Crippen molar-refractivity contribution in [1.29, 1.82) is 0 Å². The lowest BCUT2D eigenvalue weighted by Gasteiger charge is -2.23. The average Bonchev–Trinajstić information content (AvgIpc) is 2.37. The predicted molar refractivity (Wildman–Crippen MR) is 73.3 cm³/mol. The summed E-state index contributed by atoms with van der Waals surface area (Å²) in [7, 11) is 3.96. The van der Waals surface area contributed by atoms with Crippen molar-refractivity contribution in [3.05, 3.63) is 35.9 Å². The molecule has 1 rings (SSSR count). The van der Waals surface area contributed by atoms with Gasteiger partial charge in [0.15, 0.2) is 0 Å². The first kappa shape index (κ1) is 14.7. The Bertz CT molecular complexity index is 362. The third-order valence-electron chi connectivity index (χ3n) is 2.98. The van der Waals surface area contributed by atoms with E-state index in [1.807, 2.05) is 63.2 Å². The van der Waals surface area contributed by atoms with Crippen LogP contribution in [0.15, 0.2) is 30.3 Å². The number of carbonyl (C=O) groups is 1. The Kier molecular flexibility index (Phi) is 5.86. The maximum Gasteiger partial charge on any atom is 0.309 e. The van der Waals surface area contributed by atoms with Crippen LogP contribution in [0, 0.1) is 5.92 Å². The lowest BCUT2D eigenvalue weighted by molar-refractivity contribution is -0.154. The molecule has 0 aromatic heterocycles. The van der Waals surface area contributed by atoms with Gasteiger partial charge in [-0.25, -0.2) is 0 Å². The van der Waals surface area contributed by atoms with Gasteiger partial charge in [-0.3, -0.25) is 4.79 Å². The Balaban J connectivity index is 2.77. The van der Waals surface area contributed by atoms with Crippen molar-refractivity contribution < 1.29 is 9.53 Å². The summed E-state index contributed by atoms with van der Waals surface area (Å²) in [5, 5.41) is 0. The molecule has 100 valence electrons. The van der Waals surface area contributed by atoms with Gasteiger partial charge in [0.05, 0.1) is 5.92 Å². The van der Waals surface area contributed by atoms with Gasteiger partial charge in [0, 0.05) is 6.54 Å². The van der Waals surface area contributed by atoms with E-state index < -0.39 is 0 Å². The van der Waals surface area contributed by atoms with Gasteiger partial charge in [-0.1, -0.05) is 44.2 Å². The number of hydrogen-bond donors (Lipinski definition) is 0. The van der Waals surface area contributed by atoms with Crippen LogP contribution in [0.4, 0.5) is 0 Å². The van der Waals surface area contributed by atoms with Gasteiger partial charge in [0.2, 0.25) is 0 Å². The van der Waals surface area contributed by atoms with E-state index in [2.05, 4.69) is 0 Å². The summed E-state index contributed by atoms with van der Waals surface area (Å²) in [6.45, 7) is 4.60. The molecular weight excluding hydrogens is 226 g/mol. The van der Waals surface area contributed by atoms with E-state index >= 15 is 0 Å². The summed E-state index contributed by atoms with van der Waals surface area (Å²) in [5.41, 5.74) is 1.04. The van der Waals surface area contributed by atoms with Crippen molar-refractivity contribution >= 4 is 5.97 Å². The molecule has 1 aromatic carbocycles. The zero-order valence-corrected chi connectivity index (χ0v) is 11.7. The number of esters is 1. The maximum absolute atomic E-state index is 11.9. The largest absolute Gasteiger partial charge is 0.456 e. The van der Waals surface area contributed by atoms with Gasteiger partial charge in [-0.15, -0.1) is 0 Å². The van der Waals surface area contributed by atoms with E-state index in [9.17, 15) is 4.79 Å². The highest BCUT2D eigenvalue weighted by Gasteiger charge is 2.20. The minimum absolute atomic E-state index is 0.0432. The quantitative estimate of drug-likeness (QED) is 0.726. The number of nitrogens with zero attached hydrogens (tertiary/aromatic N) is 1. The van der Waals surface area contributed by atoms with Crippen LogP contribution in [0.5, 0.6) is 0 Å². The Hall–Kier alpha value is -1.35. The molecule has 0 fully saturated rings. The molecule has 3 heteroatoms. The van der Waals surface area contributed by atoms with E-state index in [1.54, 1.807) is 0 Å². The van der Waals surface area contributed by atoms with Crippen molar-refractivity contribution in [1.82, 2.24) is 4.90 Å². The third kappa shape index (κ3) is 4.49. The molecular formula is C15H23NO2. The predicted octanol–water partition coefficient (Wildman–Crippen LogP) is 2.88. The molecule has 1 aromatic rings. The Morgan fingerprint density at radius 3 is 2.39 bits per heavy atom. The normalized spacial score (nSPS) is 14.3. The Morgan fingerprint density at radius 1 is 1.28 bits per heavy atom. The van der Waals surface area contributed by atoms with Crippen molar-refractivity contribution in [3.63, 3.8) is 0 Å². The summed E-state index contributed by atoms with van der Waals surface area (Å²) in [4.78, 5) is 13.9. The second kappa shape index (κ2) is 7.17. The maximum atomic E-state index is 11.9. The van der Waals surface area contributed by atoms with E-state index in [-0.39, 0.29) is 18.0 Å². The van der Waals surface area contributed by atoms with Gasteiger partial charge in [0.25, 0.3) is 0 Å². The molecule has 2 atom stereocenters. The Morgan fingerprint density at radius 2 is 1.89 bits per heavy atom. The number of ether oxygens (including phenoxy) is 1. The molecule has 0 saturated heterocycles. The van der Waals surface area contributed by atoms with E-state index in [4.69, 9.17) is 4.74 Å². The first-order chi connectivity index (χ1) is 8.54. The van der Waals surface area contributed by atoms with Crippen LogP contribution in [-0.2, 0) is 9.53 Å². The minimum Gasteiger partial charge on any atom is -0.456 e. The molecule has 18 heavy (non-hydrogen) atoms. The van der Waals surface area contributed by atoms with E-state index in [0.717, 1.165) is 12.0 Å². The molecule has 0 amide bonds. The summed E-state index contributed by atoms with van der Waals surface area (Å²) < 4.78 is 5.62. The standard InChI is InChI=1S/C15H23NO2/c1-5-12(2)15(17)18-14(11-16(3)4)13-9-7-6-8-10-13/h6-10,12,14H,5,11H2,1-4H3. The van der Waals surface area contributed by atoms with Crippen LogP contribution in [0.1, 0.15) is 31.9 Å². The molecule has 0 spiro atoms. The highest BCUT2D eigenvalue weighted by Crippen LogP contribution is 2.20. The molecule has 0 aliphatic carbocycles. The third-order valence-corrected chi connectivity index (χ3v) is 2.98. The molecule has 2 unspecified atom stereocenters. The lowest BCUT2D eigenvalue weighted by atomic mass is 10.1. The minimum atomic E-state index is -0.192. The highest BCUT2D eigenvalue weighted by atomic mass is 16.5. The van der Waals surface area contributed by atoms with Gasteiger partial charge < -0.3 is 9.64 Å². The van der Waals surface area contributed by atoms with Crippen LogP contribution >= 0.6 is 0 Å². The van der Waals surface area contributed by atoms with Crippen LogP contribution < -0.4 is 0 Å². The Labute approximate surface area is 110 Å². The first-order valence-corrected chi connectivity index (χ1v) is 6.44. The van der Waals surface area contributed by atoms with Crippen LogP contribution in [0.3, 0.4) is 0 Å².